The predicted octanol–water partition coefficient (Wildman–Crippen LogP) is 5.07. The first-order valence-corrected chi connectivity index (χ1v) is 8.19. The van der Waals surface area contributed by atoms with Gasteiger partial charge in [-0.15, -0.1) is 0 Å². The predicted molar refractivity (Wildman–Crippen MR) is 89.6 cm³/mol. The normalized spacial score (nSPS) is 15.1. The summed E-state index contributed by atoms with van der Waals surface area (Å²) in [4.78, 5) is 0. The highest BCUT2D eigenvalue weighted by Crippen LogP contribution is 2.38. The molecule has 23 heavy (non-hydrogen) atoms. The van der Waals surface area contributed by atoms with Crippen LogP contribution in [-0.4, -0.2) is 5.60 Å². The second-order valence-electron chi connectivity index (χ2n) is 6.77. The van der Waals surface area contributed by atoms with Gasteiger partial charge in [0.05, 0.1) is 0 Å². The minimum absolute atomic E-state index is 0.234. The Kier molecular flexibility index (Phi) is 4.29. The maximum atomic E-state index is 13.8. The fourth-order valence-electron chi connectivity index (χ4n) is 3.05. The molecule has 0 saturated carbocycles. The fourth-order valence-corrected chi connectivity index (χ4v) is 3.05. The Balaban J connectivity index is 1.74. The van der Waals surface area contributed by atoms with Gasteiger partial charge in [0.1, 0.15) is 29.5 Å². The topological polar surface area (TPSA) is 18.5 Å². The SMILES string of the molecule is CCCc1ccc(OCc2cc(F)cc3c2OC(C)(C)C3)cc1. The van der Waals surface area contributed by atoms with Crippen molar-refractivity contribution in [3.05, 3.63) is 58.9 Å². The van der Waals surface area contributed by atoms with Crippen molar-refractivity contribution in [3.8, 4) is 11.5 Å². The number of ether oxygens (including phenoxy) is 2. The summed E-state index contributed by atoms with van der Waals surface area (Å²) in [6.07, 6.45) is 2.92. The largest absolute Gasteiger partial charge is 0.489 e. The molecule has 0 N–H and O–H groups in total. The van der Waals surface area contributed by atoms with Crippen molar-refractivity contribution in [3.63, 3.8) is 0 Å². The number of rotatable bonds is 5. The Morgan fingerprint density at radius 1 is 1.17 bits per heavy atom. The highest BCUT2D eigenvalue weighted by Gasteiger charge is 2.32. The van der Waals surface area contributed by atoms with Gasteiger partial charge in [0.2, 0.25) is 0 Å². The van der Waals surface area contributed by atoms with Gasteiger partial charge in [0.25, 0.3) is 0 Å². The van der Waals surface area contributed by atoms with Crippen molar-refractivity contribution in [2.45, 2.75) is 52.2 Å². The molecule has 1 heterocycles. The molecule has 0 amide bonds. The Labute approximate surface area is 137 Å². The van der Waals surface area contributed by atoms with Crippen LogP contribution in [0.2, 0.25) is 0 Å². The molecule has 0 radical (unpaired) electrons. The van der Waals surface area contributed by atoms with Gasteiger partial charge in [-0.2, -0.15) is 0 Å². The second kappa shape index (κ2) is 6.23. The number of benzene rings is 2. The second-order valence-corrected chi connectivity index (χ2v) is 6.77. The van der Waals surface area contributed by atoms with E-state index in [1.807, 2.05) is 26.0 Å². The summed E-state index contributed by atoms with van der Waals surface area (Å²) >= 11 is 0. The van der Waals surface area contributed by atoms with Crippen molar-refractivity contribution in [1.82, 2.24) is 0 Å². The zero-order chi connectivity index (χ0) is 16.4. The monoisotopic (exact) mass is 314 g/mol. The Bertz CT molecular complexity index is 690. The third-order valence-electron chi connectivity index (χ3n) is 4.06. The molecule has 0 spiro atoms. The highest BCUT2D eigenvalue weighted by atomic mass is 19.1. The van der Waals surface area contributed by atoms with Crippen molar-refractivity contribution < 1.29 is 13.9 Å². The molecule has 0 unspecified atom stereocenters. The number of halogens is 1. The lowest BCUT2D eigenvalue weighted by Gasteiger charge is -2.18. The van der Waals surface area contributed by atoms with Crippen LogP contribution in [0.15, 0.2) is 36.4 Å². The summed E-state index contributed by atoms with van der Waals surface area (Å²) < 4.78 is 25.6. The van der Waals surface area contributed by atoms with E-state index >= 15 is 0 Å². The van der Waals surface area contributed by atoms with Gasteiger partial charge in [-0.1, -0.05) is 25.5 Å². The Morgan fingerprint density at radius 3 is 2.61 bits per heavy atom. The van der Waals surface area contributed by atoms with Crippen molar-refractivity contribution in [2.24, 2.45) is 0 Å². The standard InChI is InChI=1S/C20H23FO2/c1-4-5-14-6-8-18(9-7-14)22-13-16-11-17(21)10-15-12-20(2,3)23-19(15)16/h6-11H,4-5,12-13H2,1-3H3. The molecule has 2 nitrogen and oxygen atoms in total. The van der Waals surface area contributed by atoms with Crippen molar-refractivity contribution in [2.75, 3.05) is 0 Å². The molecule has 0 fully saturated rings. The highest BCUT2D eigenvalue weighted by molar-refractivity contribution is 5.46. The van der Waals surface area contributed by atoms with Gasteiger partial charge < -0.3 is 9.47 Å². The van der Waals surface area contributed by atoms with Gasteiger partial charge in [-0.25, -0.2) is 4.39 Å². The lowest BCUT2D eigenvalue weighted by Crippen LogP contribution is -2.25. The van der Waals surface area contributed by atoms with Crippen LogP contribution in [0, 0.1) is 5.82 Å². The minimum atomic E-state index is -0.285. The van der Waals surface area contributed by atoms with Crippen LogP contribution < -0.4 is 9.47 Å². The van der Waals surface area contributed by atoms with Gasteiger partial charge >= 0.3 is 0 Å². The summed E-state index contributed by atoms with van der Waals surface area (Å²) in [5, 5.41) is 0. The molecule has 3 rings (SSSR count). The zero-order valence-corrected chi connectivity index (χ0v) is 14.0. The summed E-state index contributed by atoms with van der Waals surface area (Å²) in [6.45, 7) is 6.50. The number of hydrogen-bond acceptors (Lipinski definition) is 2. The van der Waals surface area contributed by atoms with Gasteiger partial charge in [-0.3, -0.25) is 0 Å². The summed E-state index contributed by atoms with van der Waals surface area (Å²) in [5.74, 6) is 1.33. The van der Waals surface area contributed by atoms with E-state index in [9.17, 15) is 4.39 Å². The van der Waals surface area contributed by atoms with Crippen LogP contribution in [0.4, 0.5) is 4.39 Å². The van der Waals surface area contributed by atoms with Crippen LogP contribution in [0.25, 0.3) is 0 Å². The van der Waals surface area contributed by atoms with Crippen LogP contribution >= 0.6 is 0 Å². The molecule has 0 aliphatic carbocycles. The minimum Gasteiger partial charge on any atom is -0.489 e. The van der Waals surface area contributed by atoms with Gasteiger partial charge in [-0.05, 0) is 50.1 Å². The zero-order valence-electron chi connectivity index (χ0n) is 14.0. The molecule has 2 aromatic rings. The third-order valence-corrected chi connectivity index (χ3v) is 4.06. The maximum absolute atomic E-state index is 13.8. The van der Waals surface area contributed by atoms with Crippen LogP contribution in [0.1, 0.15) is 43.9 Å². The number of fused-ring (bicyclic) bond motifs is 1. The number of aryl methyl sites for hydroxylation is 1. The van der Waals surface area contributed by atoms with Crippen LogP contribution in [0.3, 0.4) is 0 Å². The van der Waals surface area contributed by atoms with Gasteiger partial charge in [0.15, 0.2) is 0 Å². The molecule has 1 aliphatic heterocycles. The van der Waals surface area contributed by atoms with E-state index < -0.39 is 0 Å². The van der Waals surface area contributed by atoms with E-state index in [1.165, 1.54) is 11.6 Å². The van der Waals surface area contributed by atoms with E-state index in [4.69, 9.17) is 9.47 Å². The van der Waals surface area contributed by atoms with Crippen LogP contribution in [0.5, 0.6) is 11.5 Å². The molecule has 122 valence electrons. The average molecular weight is 314 g/mol. The smallest absolute Gasteiger partial charge is 0.130 e. The third kappa shape index (κ3) is 3.66. The summed E-state index contributed by atoms with van der Waals surface area (Å²) in [6, 6.07) is 11.2. The first-order valence-electron chi connectivity index (χ1n) is 8.19. The maximum Gasteiger partial charge on any atom is 0.130 e. The number of hydrogen-bond donors (Lipinski definition) is 0. The molecule has 0 atom stereocenters. The van der Waals surface area contributed by atoms with Crippen molar-refractivity contribution >= 4 is 0 Å². The summed E-state index contributed by atoms with van der Waals surface area (Å²) in [7, 11) is 0. The average Bonchev–Trinajstić information content (AvgIpc) is 2.80. The first-order chi connectivity index (χ1) is 11.0. The molecule has 2 aromatic carbocycles. The lowest BCUT2D eigenvalue weighted by atomic mass is 10.0. The first kappa shape index (κ1) is 15.9. The molecule has 1 aliphatic rings. The quantitative estimate of drug-likeness (QED) is 0.767. The molecular formula is C20H23FO2. The van der Waals surface area contributed by atoms with E-state index in [-0.39, 0.29) is 11.4 Å². The Hall–Kier alpha value is -2.03. The van der Waals surface area contributed by atoms with E-state index in [0.29, 0.717) is 6.61 Å². The fraction of sp³-hybridized carbons (Fsp3) is 0.400. The molecule has 3 heteroatoms. The van der Waals surface area contributed by atoms with E-state index in [0.717, 1.165) is 41.9 Å². The van der Waals surface area contributed by atoms with Crippen LogP contribution in [-0.2, 0) is 19.4 Å². The van der Waals surface area contributed by atoms with Gasteiger partial charge in [0, 0.05) is 17.5 Å². The molecule has 0 bridgehead atoms. The Morgan fingerprint density at radius 2 is 1.91 bits per heavy atom. The van der Waals surface area contributed by atoms with Crippen molar-refractivity contribution in [1.29, 1.82) is 0 Å². The molecule has 0 saturated heterocycles. The molecular weight excluding hydrogens is 291 g/mol. The summed E-state index contributed by atoms with van der Waals surface area (Å²) in [5.41, 5.74) is 2.71. The lowest BCUT2D eigenvalue weighted by molar-refractivity contribution is 0.135. The van der Waals surface area contributed by atoms with E-state index in [2.05, 4.69) is 19.1 Å². The van der Waals surface area contributed by atoms with E-state index in [1.54, 1.807) is 6.07 Å². The molecule has 0 aromatic heterocycles.